The predicted octanol–water partition coefficient (Wildman–Crippen LogP) is 7.90. The molecule has 0 spiro atoms. The Bertz CT molecular complexity index is 1510. The van der Waals surface area contributed by atoms with E-state index in [0.29, 0.717) is 24.3 Å². The summed E-state index contributed by atoms with van der Waals surface area (Å²) in [4.78, 5) is 13.9. The second kappa shape index (κ2) is 9.41. The summed E-state index contributed by atoms with van der Waals surface area (Å²) in [6.45, 7) is 0. The molecule has 5 rings (SSSR count). The molecule has 0 heterocycles. The van der Waals surface area contributed by atoms with Crippen molar-refractivity contribution in [2.24, 2.45) is 0 Å². The summed E-state index contributed by atoms with van der Waals surface area (Å²) >= 11 is 0. The van der Waals surface area contributed by atoms with Crippen LogP contribution in [0, 0.1) is 46.5 Å². The first-order chi connectivity index (χ1) is 18.1. The molecule has 0 saturated carbocycles. The first-order valence-electron chi connectivity index (χ1n) is 10.9. The number of ketones is 1. The van der Waals surface area contributed by atoms with Crippen LogP contribution in [0.3, 0.4) is 0 Å². The van der Waals surface area contributed by atoms with E-state index < -0.39 is 63.4 Å². The summed E-state index contributed by atoms with van der Waals surface area (Å²) in [5.74, 6) is -12.3. The van der Waals surface area contributed by atoms with Crippen molar-refractivity contribution in [3.05, 3.63) is 142 Å². The Morgan fingerprint density at radius 3 is 0.947 bits per heavy atom. The smallest absolute Gasteiger partial charge is 0.195 e. The average Bonchev–Trinajstić information content (AvgIpc) is 3.19. The van der Waals surface area contributed by atoms with Crippen molar-refractivity contribution in [3.8, 4) is 0 Å². The van der Waals surface area contributed by atoms with Crippen LogP contribution >= 0.6 is 0 Å². The lowest BCUT2D eigenvalue weighted by Gasteiger charge is -2.15. The van der Waals surface area contributed by atoms with E-state index in [0.717, 1.165) is 24.3 Å². The Hall–Kier alpha value is -4.53. The summed E-state index contributed by atoms with van der Waals surface area (Å²) in [5.41, 5.74) is -1.81. The lowest BCUT2D eigenvalue weighted by Crippen LogP contribution is -2.02. The highest BCUT2D eigenvalue weighted by molar-refractivity contribution is 6.59. The number of carbonyl (C=O) groups is 1. The van der Waals surface area contributed by atoms with Crippen molar-refractivity contribution >= 4 is 28.1 Å². The molecule has 0 amide bonds. The van der Waals surface area contributed by atoms with Crippen molar-refractivity contribution in [2.45, 2.75) is 0 Å². The molecular weight excluding hydrogens is 516 g/mol. The van der Waals surface area contributed by atoms with Crippen molar-refractivity contribution in [1.82, 2.24) is 0 Å². The van der Waals surface area contributed by atoms with Gasteiger partial charge in [-0.25, -0.2) is 35.1 Å². The maximum absolute atomic E-state index is 14.3. The van der Waals surface area contributed by atoms with Gasteiger partial charge in [-0.3, -0.25) is 4.79 Å². The van der Waals surface area contributed by atoms with E-state index >= 15 is 0 Å². The molecule has 190 valence electrons. The Kier molecular flexibility index (Phi) is 6.22. The maximum Gasteiger partial charge on any atom is 0.195 e. The van der Waals surface area contributed by atoms with Gasteiger partial charge in [-0.1, -0.05) is 24.3 Å². The van der Waals surface area contributed by atoms with Gasteiger partial charge >= 0.3 is 0 Å². The summed E-state index contributed by atoms with van der Waals surface area (Å²) < 4.78 is 112. The van der Waals surface area contributed by atoms with Crippen LogP contribution < -0.4 is 0 Å². The van der Waals surface area contributed by atoms with Gasteiger partial charge in [0, 0.05) is 22.3 Å². The minimum absolute atomic E-state index is 0.0502. The fraction of sp³-hybridized carbons (Fsp3) is 0. The monoisotopic (exact) mass is 528 g/mol. The quantitative estimate of drug-likeness (QED) is 0.194. The fourth-order valence-corrected chi connectivity index (χ4v) is 4.36. The third kappa shape index (κ3) is 4.19. The Balaban J connectivity index is 1.93. The molecule has 0 radical (unpaired) electrons. The molecule has 1 aliphatic carbocycles. The van der Waals surface area contributed by atoms with Crippen molar-refractivity contribution < 1.29 is 39.9 Å². The molecule has 4 aromatic rings. The minimum Gasteiger partial charge on any atom is -0.289 e. The third-order valence-corrected chi connectivity index (χ3v) is 6.01. The zero-order valence-electron chi connectivity index (χ0n) is 18.9. The van der Waals surface area contributed by atoms with Gasteiger partial charge in [-0.05, 0) is 70.8 Å². The number of hydrogen-bond donors (Lipinski definition) is 0. The molecule has 38 heavy (non-hydrogen) atoms. The molecule has 9 heteroatoms. The molecule has 0 bridgehead atoms. The Morgan fingerprint density at radius 1 is 0.368 bits per heavy atom. The summed E-state index contributed by atoms with van der Waals surface area (Å²) in [6.07, 6.45) is 0. The lowest BCUT2D eigenvalue weighted by molar-refractivity contribution is -0.108. The van der Waals surface area contributed by atoms with E-state index in [-0.39, 0.29) is 33.4 Å². The Morgan fingerprint density at radius 2 is 0.658 bits per heavy atom. The van der Waals surface area contributed by atoms with E-state index in [9.17, 15) is 39.9 Å². The molecule has 1 nitrogen and oxygen atoms in total. The number of hydrogen-bond acceptors (Lipinski definition) is 1. The SMILES string of the molecule is O=C1C(c2ccc(F)cc2)=C(c2cc(F)c(F)c(F)c2)C(c2cc(F)c(F)c(F)c2)=C1c1ccc(F)cc1. The zero-order chi connectivity index (χ0) is 27.3. The van der Waals surface area contributed by atoms with Crippen molar-refractivity contribution in [1.29, 1.82) is 0 Å². The number of Topliss-reactive ketones (excluding diaryl/α,β-unsaturated/α-hetero) is 1. The highest BCUT2D eigenvalue weighted by Gasteiger charge is 2.37. The normalized spacial score (nSPS) is 13.6. The van der Waals surface area contributed by atoms with Gasteiger partial charge in [-0.15, -0.1) is 0 Å². The first kappa shape index (κ1) is 25.1. The van der Waals surface area contributed by atoms with Crippen LogP contribution in [0.15, 0.2) is 72.8 Å². The second-order valence-corrected chi connectivity index (χ2v) is 8.35. The summed E-state index contributed by atoms with van der Waals surface area (Å²) in [7, 11) is 0. The molecule has 0 aromatic heterocycles. The molecule has 0 saturated heterocycles. The lowest BCUT2D eigenvalue weighted by atomic mass is 9.89. The van der Waals surface area contributed by atoms with Gasteiger partial charge < -0.3 is 0 Å². The fourth-order valence-electron chi connectivity index (χ4n) is 4.36. The molecule has 1 aliphatic rings. The highest BCUT2D eigenvalue weighted by Crippen LogP contribution is 2.50. The van der Waals surface area contributed by atoms with Crippen molar-refractivity contribution in [2.75, 3.05) is 0 Å². The number of allylic oxidation sites excluding steroid dienone is 4. The minimum atomic E-state index is -1.80. The summed E-state index contributed by atoms with van der Waals surface area (Å²) in [6, 6.07) is 11.1. The molecule has 0 atom stereocenters. The third-order valence-electron chi connectivity index (χ3n) is 6.01. The molecular formula is C29H12F8O. The number of rotatable bonds is 4. The molecule has 0 unspecified atom stereocenters. The van der Waals surface area contributed by atoms with Crippen LogP contribution in [0.5, 0.6) is 0 Å². The number of carbonyl (C=O) groups excluding carboxylic acids is 1. The van der Waals surface area contributed by atoms with Crippen LogP contribution in [0.4, 0.5) is 35.1 Å². The van der Waals surface area contributed by atoms with Crippen LogP contribution in [-0.4, -0.2) is 5.78 Å². The van der Waals surface area contributed by atoms with Crippen LogP contribution in [0.2, 0.25) is 0 Å². The van der Waals surface area contributed by atoms with E-state index in [4.69, 9.17) is 0 Å². The van der Waals surface area contributed by atoms with E-state index in [2.05, 4.69) is 0 Å². The maximum atomic E-state index is 14.3. The zero-order valence-corrected chi connectivity index (χ0v) is 18.9. The van der Waals surface area contributed by atoms with Crippen molar-refractivity contribution in [3.63, 3.8) is 0 Å². The molecule has 0 N–H and O–H groups in total. The van der Waals surface area contributed by atoms with E-state index in [1.54, 1.807) is 0 Å². The number of benzene rings is 4. The van der Waals surface area contributed by atoms with Crippen LogP contribution in [0.25, 0.3) is 22.3 Å². The first-order valence-corrected chi connectivity index (χ1v) is 10.9. The second-order valence-electron chi connectivity index (χ2n) is 8.35. The van der Waals surface area contributed by atoms with Gasteiger partial charge in [-0.2, -0.15) is 0 Å². The van der Waals surface area contributed by atoms with Crippen LogP contribution in [-0.2, 0) is 4.79 Å². The molecule has 4 aromatic carbocycles. The standard InChI is InChI=1S/C29H12F8O/c30-17-5-1-13(2-6-17)25-23(15-9-19(32)27(36)20(33)10-15)24(16-11-21(34)28(37)22(35)12-16)26(29(25)38)14-3-7-18(31)8-4-14/h1-12H. The predicted molar refractivity (Wildman–Crippen MR) is 124 cm³/mol. The number of halogens is 8. The average molecular weight is 528 g/mol. The van der Waals surface area contributed by atoms with E-state index in [1.165, 1.54) is 24.3 Å². The van der Waals surface area contributed by atoms with Crippen LogP contribution in [0.1, 0.15) is 22.3 Å². The highest BCUT2D eigenvalue weighted by atomic mass is 19.2. The molecule has 0 fully saturated rings. The van der Waals surface area contributed by atoms with E-state index in [1.807, 2.05) is 0 Å². The van der Waals surface area contributed by atoms with Gasteiger partial charge in [0.1, 0.15) is 11.6 Å². The van der Waals surface area contributed by atoms with Gasteiger partial charge in [0.2, 0.25) is 0 Å². The van der Waals surface area contributed by atoms with Gasteiger partial charge in [0.25, 0.3) is 0 Å². The Labute approximate surface area is 210 Å². The molecule has 0 aliphatic heterocycles. The summed E-state index contributed by atoms with van der Waals surface area (Å²) in [5, 5.41) is 0. The largest absolute Gasteiger partial charge is 0.289 e. The topological polar surface area (TPSA) is 17.1 Å². The van der Waals surface area contributed by atoms with Gasteiger partial charge in [0.05, 0.1) is 0 Å². The van der Waals surface area contributed by atoms with Gasteiger partial charge in [0.15, 0.2) is 40.7 Å².